The number of hydrogen-bond donors (Lipinski definition) is 2. The van der Waals surface area contributed by atoms with Crippen LogP contribution in [0.15, 0.2) is 24.3 Å². The van der Waals surface area contributed by atoms with Crippen LogP contribution in [0.2, 0.25) is 0 Å². The van der Waals surface area contributed by atoms with Gasteiger partial charge in [0.2, 0.25) is 5.91 Å². The summed E-state index contributed by atoms with van der Waals surface area (Å²) in [4.78, 5) is 11.6. The number of rotatable bonds is 7. The fourth-order valence-electron chi connectivity index (χ4n) is 1.55. The molecule has 0 aliphatic carbocycles. The number of alkyl halides is 3. The molecule has 0 radical (unpaired) electrons. The van der Waals surface area contributed by atoms with E-state index in [2.05, 4.69) is 10.1 Å². The third-order valence-corrected chi connectivity index (χ3v) is 2.66. The van der Waals surface area contributed by atoms with Crippen LogP contribution in [0.4, 0.5) is 13.2 Å². The Morgan fingerprint density at radius 1 is 1.33 bits per heavy atom. The lowest BCUT2D eigenvalue weighted by Gasteiger charge is -2.13. The summed E-state index contributed by atoms with van der Waals surface area (Å²) in [5, 5.41) is 2.63. The molecule has 0 saturated carbocycles. The summed E-state index contributed by atoms with van der Waals surface area (Å²) in [6.07, 6.45) is -4.94. The molecule has 3 N–H and O–H groups in total. The van der Waals surface area contributed by atoms with Crippen molar-refractivity contribution in [3.8, 4) is 5.75 Å². The van der Waals surface area contributed by atoms with Gasteiger partial charge in [0, 0.05) is 20.2 Å². The lowest BCUT2D eigenvalue weighted by Crippen LogP contribution is -2.31. The van der Waals surface area contributed by atoms with Crippen molar-refractivity contribution in [3.05, 3.63) is 29.8 Å². The Balaban J connectivity index is 2.44. The van der Waals surface area contributed by atoms with Crippen LogP contribution in [-0.4, -0.2) is 32.0 Å². The third-order valence-electron chi connectivity index (χ3n) is 2.66. The summed E-state index contributed by atoms with van der Waals surface area (Å²) >= 11 is 0. The molecule has 0 aromatic heterocycles. The van der Waals surface area contributed by atoms with E-state index in [0.29, 0.717) is 5.56 Å². The van der Waals surface area contributed by atoms with E-state index in [9.17, 15) is 18.0 Å². The highest BCUT2D eigenvalue weighted by molar-refractivity contribution is 5.76. The molecule has 118 valence electrons. The number of ether oxygens (including phenoxy) is 2. The first-order chi connectivity index (χ1) is 9.84. The number of nitrogens with one attached hydrogen (secondary N) is 1. The molecule has 0 spiro atoms. The molecule has 0 saturated heterocycles. The van der Waals surface area contributed by atoms with Crippen LogP contribution >= 0.6 is 0 Å². The Morgan fingerprint density at radius 2 is 1.95 bits per heavy atom. The predicted octanol–water partition coefficient (Wildman–Crippen LogP) is 1.57. The van der Waals surface area contributed by atoms with Gasteiger partial charge in [0.05, 0.1) is 12.5 Å². The van der Waals surface area contributed by atoms with Crippen LogP contribution in [-0.2, 0) is 16.1 Å². The number of benzene rings is 1. The molecule has 0 aliphatic rings. The molecule has 0 fully saturated rings. The van der Waals surface area contributed by atoms with E-state index >= 15 is 0 Å². The van der Waals surface area contributed by atoms with Gasteiger partial charge >= 0.3 is 6.36 Å². The number of nitrogens with two attached hydrogens (primary N) is 1. The number of carbonyl (C=O) groups excluding carboxylic acids is 1. The summed E-state index contributed by atoms with van der Waals surface area (Å²) < 4.78 is 44.7. The first kappa shape index (κ1) is 17.3. The number of halogens is 3. The first-order valence-corrected chi connectivity index (χ1v) is 6.18. The topological polar surface area (TPSA) is 73.6 Å². The lowest BCUT2D eigenvalue weighted by molar-refractivity contribution is -0.274. The van der Waals surface area contributed by atoms with Gasteiger partial charge in [-0.2, -0.15) is 0 Å². The van der Waals surface area contributed by atoms with Crippen molar-refractivity contribution in [2.75, 3.05) is 13.7 Å². The number of hydrogen-bond acceptors (Lipinski definition) is 4. The molecular formula is C13H17F3N2O3. The van der Waals surface area contributed by atoms with Crippen LogP contribution in [0, 0.1) is 0 Å². The second-order valence-corrected chi connectivity index (χ2v) is 4.27. The van der Waals surface area contributed by atoms with Crippen molar-refractivity contribution in [3.63, 3.8) is 0 Å². The molecule has 1 atom stereocenters. The van der Waals surface area contributed by atoms with Crippen molar-refractivity contribution in [2.24, 2.45) is 5.73 Å². The number of carbonyl (C=O) groups is 1. The molecule has 0 aliphatic heterocycles. The normalized spacial score (nSPS) is 12.8. The quantitative estimate of drug-likeness (QED) is 0.802. The molecule has 1 aromatic rings. The van der Waals surface area contributed by atoms with E-state index in [4.69, 9.17) is 10.5 Å². The monoisotopic (exact) mass is 306 g/mol. The summed E-state index contributed by atoms with van der Waals surface area (Å²) in [6.45, 7) is 0.430. The van der Waals surface area contributed by atoms with Gasteiger partial charge in [-0.15, -0.1) is 13.2 Å². The fourth-order valence-corrected chi connectivity index (χ4v) is 1.55. The van der Waals surface area contributed by atoms with Crippen molar-refractivity contribution in [1.82, 2.24) is 5.32 Å². The van der Waals surface area contributed by atoms with E-state index < -0.39 is 6.36 Å². The Kier molecular flexibility index (Phi) is 6.44. The highest BCUT2D eigenvalue weighted by atomic mass is 19.4. The molecule has 0 bridgehead atoms. The molecule has 8 heteroatoms. The second kappa shape index (κ2) is 7.84. The van der Waals surface area contributed by atoms with Gasteiger partial charge in [0.25, 0.3) is 0 Å². The minimum atomic E-state index is -4.72. The summed E-state index contributed by atoms with van der Waals surface area (Å²) in [7, 11) is 1.46. The van der Waals surface area contributed by atoms with Crippen LogP contribution < -0.4 is 15.8 Å². The first-order valence-electron chi connectivity index (χ1n) is 6.18. The molecule has 1 unspecified atom stereocenters. The van der Waals surface area contributed by atoms with Gasteiger partial charge < -0.3 is 20.5 Å². The lowest BCUT2D eigenvalue weighted by atomic mass is 10.2. The Morgan fingerprint density at radius 3 is 2.43 bits per heavy atom. The summed E-state index contributed by atoms with van der Waals surface area (Å²) in [5.41, 5.74) is 6.05. The fraction of sp³-hybridized carbons (Fsp3) is 0.462. The van der Waals surface area contributed by atoms with E-state index in [1.165, 1.54) is 31.4 Å². The summed E-state index contributed by atoms with van der Waals surface area (Å²) in [6, 6.07) is 5.26. The average molecular weight is 306 g/mol. The number of amides is 1. The molecular weight excluding hydrogens is 289 g/mol. The maximum atomic E-state index is 12.0. The van der Waals surface area contributed by atoms with Crippen LogP contribution in [0.1, 0.15) is 12.0 Å². The summed E-state index contributed by atoms with van der Waals surface area (Å²) in [5.74, 6) is -0.553. The van der Waals surface area contributed by atoms with Gasteiger partial charge in [0.15, 0.2) is 0 Å². The molecule has 5 nitrogen and oxygen atoms in total. The van der Waals surface area contributed by atoms with Crippen molar-refractivity contribution >= 4 is 5.91 Å². The minimum absolute atomic E-state index is 0.127. The molecule has 0 heterocycles. The Bertz CT molecular complexity index is 445. The number of methoxy groups -OCH3 is 1. The van der Waals surface area contributed by atoms with Gasteiger partial charge in [-0.1, -0.05) is 12.1 Å². The largest absolute Gasteiger partial charge is 0.573 e. The molecule has 21 heavy (non-hydrogen) atoms. The molecule has 1 amide bonds. The third kappa shape index (κ3) is 6.96. The SMILES string of the molecule is COC(CN)CC(=O)NCc1ccc(OC(F)(F)F)cc1. The van der Waals surface area contributed by atoms with Crippen LogP contribution in [0.25, 0.3) is 0 Å². The van der Waals surface area contributed by atoms with Crippen molar-refractivity contribution in [2.45, 2.75) is 25.4 Å². The zero-order valence-corrected chi connectivity index (χ0v) is 11.4. The highest BCUT2D eigenvalue weighted by Gasteiger charge is 2.30. The van der Waals surface area contributed by atoms with E-state index in [-0.39, 0.29) is 37.3 Å². The molecule has 1 aromatic carbocycles. The smallest absolute Gasteiger partial charge is 0.406 e. The standard InChI is InChI=1S/C13H17F3N2O3/c1-20-11(7-17)6-12(19)18-8-9-2-4-10(5-3-9)21-13(14,15)16/h2-5,11H,6-8,17H2,1H3,(H,18,19). The van der Waals surface area contributed by atoms with E-state index in [1.54, 1.807) is 0 Å². The minimum Gasteiger partial charge on any atom is -0.406 e. The van der Waals surface area contributed by atoms with Gasteiger partial charge in [-0.3, -0.25) is 4.79 Å². The Hall–Kier alpha value is -1.80. The zero-order valence-electron chi connectivity index (χ0n) is 11.4. The van der Waals surface area contributed by atoms with Crippen molar-refractivity contribution < 1.29 is 27.4 Å². The average Bonchev–Trinajstić information content (AvgIpc) is 2.42. The molecule has 1 rings (SSSR count). The second-order valence-electron chi connectivity index (χ2n) is 4.27. The maximum absolute atomic E-state index is 12.0. The van der Waals surface area contributed by atoms with E-state index in [1.807, 2.05) is 0 Å². The van der Waals surface area contributed by atoms with Crippen molar-refractivity contribution in [1.29, 1.82) is 0 Å². The van der Waals surface area contributed by atoms with Crippen LogP contribution in [0.5, 0.6) is 5.75 Å². The van der Waals surface area contributed by atoms with E-state index in [0.717, 1.165) is 0 Å². The van der Waals surface area contributed by atoms with Crippen LogP contribution in [0.3, 0.4) is 0 Å². The van der Waals surface area contributed by atoms with Gasteiger partial charge in [-0.25, -0.2) is 0 Å². The maximum Gasteiger partial charge on any atom is 0.573 e. The van der Waals surface area contributed by atoms with Gasteiger partial charge in [-0.05, 0) is 17.7 Å². The Labute approximate surface area is 120 Å². The van der Waals surface area contributed by atoms with Gasteiger partial charge in [0.1, 0.15) is 5.75 Å². The predicted molar refractivity (Wildman–Crippen MR) is 69.4 cm³/mol. The zero-order chi connectivity index (χ0) is 15.9. The highest BCUT2D eigenvalue weighted by Crippen LogP contribution is 2.22.